The van der Waals surface area contributed by atoms with Gasteiger partial charge in [0.05, 0.1) is 32.6 Å². The molecule has 1 unspecified atom stereocenters. The molecule has 198 valence electrons. The molecule has 1 atom stereocenters. The first-order valence-corrected chi connectivity index (χ1v) is 14.7. The quantitative estimate of drug-likeness (QED) is 0.442. The molecular weight excluding hydrogens is 530 g/mol. The minimum absolute atomic E-state index is 0.0494. The maximum atomic E-state index is 13.8. The fourth-order valence-electron chi connectivity index (χ4n) is 6.58. The van der Waals surface area contributed by atoms with Crippen molar-refractivity contribution in [2.75, 3.05) is 26.7 Å². The predicted octanol–water partition coefficient (Wildman–Crippen LogP) is 5.87. The van der Waals surface area contributed by atoms with E-state index in [1.165, 1.54) is 51.5 Å². The molecule has 0 radical (unpaired) electrons. The summed E-state index contributed by atoms with van der Waals surface area (Å²) in [5, 5.41) is 3.36. The number of halogens is 1. The van der Waals surface area contributed by atoms with Crippen LogP contribution in [0.2, 0.25) is 0 Å². The topological polar surface area (TPSA) is 81.4 Å². The number of ether oxygens (including phenoxy) is 1. The molecule has 3 aliphatic rings. The lowest BCUT2D eigenvalue weighted by Gasteiger charge is -2.43. The zero-order valence-electron chi connectivity index (χ0n) is 21.8. The van der Waals surface area contributed by atoms with Crippen molar-refractivity contribution in [1.29, 1.82) is 0 Å². The number of rotatable bonds is 5. The Morgan fingerprint density at radius 2 is 1.57 bits per heavy atom. The Morgan fingerprint density at radius 3 is 2.24 bits per heavy atom. The van der Waals surface area contributed by atoms with Gasteiger partial charge in [-0.15, -0.1) is 0 Å². The minimum atomic E-state index is -0.562. The van der Waals surface area contributed by atoms with Crippen LogP contribution < -0.4 is 15.8 Å². The third-order valence-electron chi connectivity index (χ3n) is 8.68. The lowest BCUT2D eigenvalue weighted by molar-refractivity contribution is -0.917. The highest BCUT2D eigenvalue weighted by molar-refractivity contribution is 9.10. The van der Waals surface area contributed by atoms with Crippen molar-refractivity contribution in [3.63, 3.8) is 0 Å². The van der Waals surface area contributed by atoms with E-state index in [9.17, 15) is 9.59 Å². The predicted molar refractivity (Wildman–Crippen MR) is 149 cm³/mol. The molecule has 2 aliphatic heterocycles. The Hall–Kier alpha value is -2.38. The number of fused-ring (bicyclic) bond motifs is 2. The standard InChI is InChI=1S/C30H38BrN3O3/c1-34(19-20-7-5-3-2-4-6-8-20)15-13-23(14-16-34)33-30(36)28-24-17-21(29(32)35)9-11-26(24)37-27-12-10-22(31)18-25(27)28/h9-12,17-18,20,23,28H,2-8,13-16,19H2,1H3,(H2-,32,33,35,36)/p+1. The van der Waals surface area contributed by atoms with E-state index in [0.29, 0.717) is 22.6 Å². The largest absolute Gasteiger partial charge is 0.457 e. The number of carbonyl (C=O) groups is 2. The number of likely N-dealkylation sites (tertiary alicyclic amines) is 1. The third kappa shape index (κ3) is 6.04. The van der Waals surface area contributed by atoms with Gasteiger partial charge in [0.25, 0.3) is 0 Å². The fraction of sp³-hybridized carbons (Fsp3) is 0.533. The molecule has 2 aromatic rings. The average molecular weight is 570 g/mol. The Morgan fingerprint density at radius 1 is 0.946 bits per heavy atom. The van der Waals surface area contributed by atoms with Crippen LogP contribution in [0.5, 0.6) is 11.5 Å². The number of amides is 2. The molecule has 1 saturated carbocycles. The van der Waals surface area contributed by atoms with Gasteiger partial charge in [-0.1, -0.05) is 48.0 Å². The van der Waals surface area contributed by atoms with Crippen LogP contribution in [0.25, 0.3) is 0 Å². The van der Waals surface area contributed by atoms with Gasteiger partial charge in [0.15, 0.2) is 0 Å². The number of benzene rings is 2. The van der Waals surface area contributed by atoms with E-state index in [1.54, 1.807) is 18.2 Å². The second-order valence-corrected chi connectivity index (χ2v) is 12.5. The van der Waals surface area contributed by atoms with Gasteiger partial charge in [-0.25, -0.2) is 0 Å². The van der Waals surface area contributed by atoms with Crippen molar-refractivity contribution in [3.8, 4) is 11.5 Å². The molecule has 2 amide bonds. The summed E-state index contributed by atoms with van der Waals surface area (Å²) >= 11 is 3.54. The first kappa shape index (κ1) is 26.2. The summed E-state index contributed by atoms with van der Waals surface area (Å²) in [5.74, 6) is 0.960. The molecule has 37 heavy (non-hydrogen) atoms. The van der Waals surface area contributed by atoms with Crippen LogP contribution in [-0.2, 0) is 4.79 Å². The molecule has 0 spiro atoms. The van der Waals surface area contributed by atoms with Gasteiger partial charge in [-0.2, -0.15) is 0 Å². The smallest absolute Gasteiger partial charge is 0.248 e. The molecule has 2 heterocycles. The van der Waals surface area contributed by atoms with Crippen LogP contribution in [0.4, 0.5) is 0 Å². The molecule has 2 aromatic carbocycles. The number of nitrogens with zero attached hydrogens (tertiary/aromatic N) is 1. The van der Waals surface area contributed by atoms with E-state index < -0.39 is 11.8 Å². The fourth-order valence-corrected chi connectivity index (χ4v) is 6.95. The number of carbonyl (C=O) groups excluding carboxylic acids is 2. The van der Waals surface area contributed by atoms with E-state index in [0.717, 1.165) is 46.4 Å². The molecule has 7 heteroatoms. The highest BCUT2D eigenvalue weighted by Gasteiger charge is 2.37. The van der Waals surface area contributed by atoms with Crippen LogP contribution in [0.3, 0.4) is 0 Å². The van der Waals surface area contributed by atoms with Gasteiger partial charge < -0.3 is 20.3 Å². The highest BCUT2D eigenvalue weighted by atomic mass is 79.9. The number of nitrogens with two attached hydrogens (primary N) is 1. The Labute approximate surface area is 228 Å². The monoisotopic (exact) mass is 568 g/mol. The van der Waals surface area contributed by atoms with Crippen LogP contribution in [0.1, 0.15) is 85.2 Å². The van der Waals surface area contributed by atoms with Crippen molar-refractivity contribution in [1.82, 2.24) is 5.32 Å². The van der Waals surface area contributed by atoms with E-state index >= 15 is 0 Å². The number of hydrogen-bond acceptors (Lipinski definition) is 3. The SMILES string of the molecule is C[N+]1(CC2CCCCCCC2)CCC(NC(=O)C2c3cc(Br)ccc3Oc3ccc(C(N)=O)cc32)CC1. The average Bonchev–Trinajstić information content (AvgIpc) is 2.85. The summed E-state index contributed by atoms with van der Waals surface area (Å²) in [7, 11) is 2.41. The maximum absolute atomic E-state index is 13.8. The van der Waals surface area contributed by atoms with Crippen molar-refractivity contribution in [2.24, 2.45) is 11.7 Å². The Kier molecular flexibility index (Phi) is 7.91. The molecule has 1 saturated heterocycles. The minimum Gasteiger partial charge on any atom is -0.457 e. The lowest BCUT2D eigenvalue weighted by atomic mass is 9.85. The zero-order valence-corrected chi connectivity index (χ0v) is 23.4. The summed E-state index contributed by atoms with van der Waals surface area (Å²) in [6.07, 6.45) is 11.7. The van der Waals surface area contributed by atoms with Crippen molar-refractivity contribution >= 4 is 27.7 Å². The zero-order chi connectivity index (χ0) is 26.0. The van der Waals surface area contributed by atoms with Gasteiger partial charge in [0.2, 0.25) is 11.8 Å². The summed E-state index contributed by atoms with van der Waals surface area (Å²) in [5.41, 5.74) is 7.40. The van der Waals surface area contributed by atoms with Gasteiger partial charge >= 0.3 is 0 Å². The molecule has 5 rings (SSSR count). The van der Waals surface area contributed by atoms with Gasteiger partial charge in [-0.05, 0) is 49.2 Å². The summed E-state index contributed by atoms with van der Waals surface area (Å²) in [4.78, 5) is 25.7. The number of quaternary nitrogens is 1. The highest BCUT2D eigenvalue weighted by Crippen LogP contribution is 2.45. The van der Waals surface area contributed by atoms with Crippen LogP contribution in [0, 0.1) is 5.92 Å². The second-order valence-electron chi connectivity index (χ2n) is 11.6. The van der Waals surface area contributed by atoms with Gasteiger partial charge in [-0.3, -0.25) is 9.59 Å². The molecule has 1 aliphatic carbocycles. The molecule has 6 nitrogen and oxygen atoms in total. The van der Waals surface area contributed by atoms with Crippen LogP contribution >= 0.6 is 15.9 Å². The van der Waals surface area contributed by atoms with E-state index in [1.807, 2.05) is 18.2 Å². The first-order valence-electron chi connectivity index (χ1n) is 13.9. The summed E-state index contributed by atoms with van der Waals surface area (Å²) in [6, 6.07) is 11.0. The first-order chi connectivity index (χ1) is 17.8. The molecule has 2 fully saturated rings. The second kappa shape index (κ2) is 11.2. The van der Waals surface area contributed by atoms with Crippen molar-refractivity contribution in [3.05, 3.63) is 57.6 Å². The van der Waals surface area contributed by atoms with E-state index in [2.05, 4.69) is 28.3 Å². The lowest BCUT2D eigenvalue weighted by Crippen LogP contribution is -2.56. The third-order valence-corrected chi connectivity index (χ3v) is 9.17. The van der Waals surface area contributed by atoms with Gasteiger partial charge in [0, 0.05) is 46.0 Å². The maximum Gasteiger partial charge on any atom is 0.248 e. The number of primary amides is 1. The summed E-state index contributed by atoms with van der Waals surface area (Å²) < 4.78 is 8.10. The molecule has 3 N–H and O–H groups in total. The molecule has 0 aromatic heterocycles. The molecule has 0 bridgehead atoms. The molecular formula is C30H39BrN3O3+. The number of nitrogens with one attached hydrogen (secondary N) is 1. The van der Waals surface area contributed by atoms with Crippen LogP contribution in [-0.4, -0.2) is 49.0 Å². The van der Waals surface area contributed by atoms with Crippen molar-refractivity contribution < 1.29 is 18.8 Å². The number of hydrogen-bond donors (Lipinski definition) is 2. The summed E-state index contributed by atoms with van der Waals surface area (Å²) in [6.45, 7) is 3.46. The Balaban J connectivity index is 1.29. The van der Waals surface area contributed by atoms with Crippen molar-refractivity contribution in [2.45, 2.75) is 69.7 Å². The van der Waals surface area contributed by atoms with E-state index in [-0.39, 0.29) is 11.9 Å². The number of piperidine rings is 1. The normalized spacial score (nSPS) is 26.1. The van der Waals surface area contributed by atoms with Gasteiger partial charge in [0.1, 0.15) is 11.5 Å². The Bertz CT molecular complexity index is 1150. The van der Waals surface area contributed by atoms with E-state index in [4.69, 9.17) is 10.5 Å². The van der Waals surface area contributed by atoms with Crippen LogP contribution in [0.15, 0.2) is 40.9 Å².